The Kier molecular flexibility index (Phi) is 8.02. The van der Waals surface area contributed by atoms with Crippen LogP contribution in [0.4, 0.5) is 18.9 Å². The van der Waals surface area contributed by atoms with Crippen LogP contribution in [0, 0.1) is 6.92 Å². The van der Waals surface area contributed by atoms with Gasteiger partial charge in [0.25, 0.3) is 0 Å². The first-order chi connectivity index (χ1) is 13.3. The van der Waals surface area contributed by atoms with Gasteiger partial charge in [0, 0.05) is 24.2 Å². The molecule has 0 fully saturated rings. The van der Waals surface area contributed by atoms with Crippen molar-refractivity contribution in [2.45, 2.75) is 38.8 Å². The Morgan fingerprint density at radius 3 is 2.48 bits per heavy atom. The van der Waals surface area contributed by atoms with Gasteiger partial charge in [0.2, 0.25) is 0 Å². The van der Waals surface area contributed by atoms with E-state index in [9.17, 15) is 18.0 Å². The number of carbonyl (C=O) groups is 1. The number of amidine groups is 1. The van der Waals surface area contributed by atoms with Crippen LogP contribution in [0.3, 0.4) is 0 Å². The lowest BCUT2D eigenvalue weighted by Crippen LogP contribution is -2.36. The third kappa shape index (κ3) is 6.16. The molecule has 0 bridgehead atoms. The highest BCUT2D eigenvalue weighted by Gasteiger charge is 2.31. The molecule has 1 aliphatic rings. The van der Waals surface area contributed by atoms with E-state index >= 15 is 0 Å². The molecule has 0 saturated carbocycles. The second-order valence-corrected chi connectivity index (χ2v) is 7.03. The molecule has 1 heterocycles. The number of carbonyl (C=O) groups excluding carboxylic acids is 1. The van der Waals surface area contributed by atoms with Gasteiger partial charge < -0.3 is 4.90 Å². The molecule has 0 spiro atoms. The van der Waals surface area contributed by atoms with Gasteiger partial charge in [-0.2, -0.15) is 13.2 Å². The molecule has 0 aromatic heterocycles. The monoisotopic (exact) mass is 468 g/mol. The molecule has 7 heteroatoms. The zero-order valence-electron chi connectivity index (χ0n) is 16.2. The molecular weight excluding hydrogens is 445 g/mol. The standard InChI is InChI=1S/C22H23F3N2O.BrH/c1-16-9-11-17(12-10-16)20(28)15-27(21-8-3-2-4-13-26-21)19-7-5-6-18(14-19)22(23,24)25;/h5-7,9-12,14H,2-4,8,13,15H2,1H3;1H. The number of benzene rings is 2. The number of ketones is 1. The summed E-state index contributed by atoms with van der Waals surface area (Å²) in [4.78, 5) is 19.0. The number of Topliss-reactive ketones (excluding diaryl/α,β-unsaturated/α-hetero) is 1. The molecule has 0 saturated heterocycles. The molecule has 1 aliphatic heterocycles. The Labute approximate surface area is 179 Å². The van der Waals surface area contributed by atoms with Crippen molar-refractivity contribution in [2.24, 2.45) is 4.99 Å². The highest BCUT2D eigenvalue weighted by Crippen LogP contribution is 2.32. The zero-order valence-corrected chi connectivity index (χ0v) is 17.9. The Morgan fingerprint density at radius 1 is 1.07 bits per heavy atom. The first kappa shape index (κ1) is 23.1. The maximum absolute atomic E-state index is 13.2. The van der Waals surface area contributed by atoms with Gasteiger partial charge in [-0.3, -0.25) is 9.79 Å². The van der Waals surface area contributed by atoms with Crippen LogP contribution in [0.15, 0.2) is 53.5 Å². The average Bonchev–Trinajstić information content (AvgIpc) is 2.95. The molecule has 0 unspecified atom stereocenters. The molecule has 3 nitrogen and oxygen atoms in total. The third-order valence-electron chi connectivity index (χ3n) is 4.82. The van der Waals surface area contributed by atoms with E-state index in [1.807, 2.05) is 19.1 Å². The molecule has 0 atom stereocenters. The Bertz CT molecular complexity index is 863. The molecule has 29 heavy (non-hydrogen) atoms. The minimum Gasteiger partial charge on any atom is -0.322 e. The summed E-state index contributed by atoms with van der Waals surface area (Å²) in [6.45, 7) is 2.52. The largest absolute Gasteiger partial charge is 0.416 e. The fraction of sp³-hybridized carbons (Fsp3) is 0.364. The quantitative estimate of drug-likeness (QED) is 0.496. The normalized spacial score (nSPS) is 14.4. The first-order valence-corrected chi connectivity index (χ1v) is 9.42. The zero-order chi connectivity index (χ0) is 20.1. The summed E-state index contributed by atoms with van der Waals surface area (Å²) in [5, 5.41) is 0. The van der Waals surface area contributed by atoms with Crippen LogP contribution in [0.2, 0.25) is 0 Å². The molecule has 156 valence electrons. The van der Waals surface area contributed by atoms with Crippen LogP contribution in [0.1, 0.15) is 47.2 Å². The van der Waals surface area contributed by atoms with Crippen molar-refractivity contribution in [3.05, 3.63) is 65.2 Å². The number of aliphatic imine (C=N–C) groups is 1. The van der Waals surface area contributed by atoms with E-state index in [2.05, 4.69) is 4.99 Å². The maximum atomic E-state index is 13.2. The minimum atomic E-state index is -4.44. The SMILES string of the molecule is Br.Cc1ccc(C(=O)CN(C2=NCCCCC2)c2cccc(C(F)(F)F)c2)cc1. The summed E-state index contributed by atoms with van der Waals surface area (Å²) in [6, 6.07) is 12.3. The fourth-order valence-corrected chi connectivity index (χ4v) is 3.24. The summed E-state index contributed by atoms with van der Waals surface area (Å²) in [5.74, 6) is 0.529. The predicted molar refractivity (Wildman–Crippen MR) is 115 cm³/mol. The van der Waals surface area contributed by atoms with Crippen LogP contribution in [-0.2, 0) is 6.18 Å². The molecule has 2 aromatic rings. The molecule has 0 amide bonds. The number of alkyl halides is 3. The number of hydrogen-bond acceptors (Lipinski definition) is 3. The van der Waals surface area contributed by atoms with Gasteiger partial charge >= 0.3 is 6.18 Å². The number of nitrogens with zero attached hydrogens (tertiary/aromatic N) is 2. The van der Waals surface area contributed by atoms with Gasteiger partial charge in [-0.25, -0.2) is 0 Å². The second-order valence-electron chi connectivity index (χ2n) is 7.03. The van der Waals surface area contributed by atoms with Gasteiger partial charge in [-0.15, -0.1) is 17.0 Å². The lowest BCUT2D eigenvalue weighted by Gasteiger charge is -2.26. The van der Waals surface area contributed by atoms with Crippen LogP contribution in [0.25, 0.3) is 0 Å². The molecule has 3 rings (SSSR count). The first-order valence-electron chi connectivity index (χ1n) is 9.42. The van der Waals surface area contributed by atoms with E-state index in [0.29, 0.717) is 30.1 Å². The van der Waals surface area contributed by atoms with E-state index < -0.39 is 11.7 Å². The summed E-state index contributed by atoms with van der Waals surface area (Å²) in [5.41, 5.74) is 1.19. The fourth-order valence-electron chi connectivity index (χ4n) is 3.24. The van der Waals surface area contributed by atoms with Crippen LogP contribution in [0.5, 0.6) is 0 Å². The third-order valence-corrected chi connectivity index (χ3v) is 4.82. The molecule has 0 aliphatic carbocycles. The number of halogens is 4. The van der Waals surface area contributed by atoms with Crippen molar-refractivity contribution in [1.29, 1.82) is 0 Å². The molecule has 0 radical (unpaired) electrons. The van der Waals surface area contributed by atoms with Gasteiger partial charge in [-0.1, -0.05) is 42.3 Å². The molecule has 0 N–H and O–H groups in total. The highest BCUT2D eigenvalue weighted by atomic mass is 79.9. The van der Waals surface area contributed by atoms with E-state index in [1.165, 1.54) is 6.07 Å². The molecule has 2 aromatic carbocycles. The number of rotatable bonds is 4. The van der Waals surface area contributed by atoms with Gasteiger partial charge in [-0.05, 0) is 38.0 Å². The summed E-state index contributed by atoms with van der Waals surface area (Å²) >= 11 is 0. The Hall–Kier alpha value is -2.15. The Morgan fingerprint density at radius 2 is 1.79 bits per heavy atom. The predicted octanol–water partition coefficient (Wildman–Crippen LogP) is 6.25. The van der Waals surface area contributed by atoms with E-state index in [0.717, 1.165) is 37.0 Å². The lowest BCUT2D eigenvalue weighted by atomic mass is 10.1. The van der Waals surface area contributed by atoms with Crippen molar-refractivity contribution in [2.75, 3.05) is 18.0 Å². The van der Waals surface area contributed by atoms with Crippen LogP contribution < -0.4 is 4.90 Å². The summed E-state index contributed by atoms with van der Waals surface area (Å²) < 4.78 is 39.6. The number of anilines is 1. The summed E-state index contributed by atoms with van der Waals surface area (Å²) in [6.07, 6.45) is -0.903. The van der Waals surface area contributed by atoms with Crippen molar-refractivity contribution < 1.29 is 18.0 Å². The minimum absolute atomic E-state index is 0. The van der Waals surface area contributed by atoms with E-state index in [1.54, 1.807) is 23.1 Å². The lowest BCUT2D eigenvalue weighted by molar-refractivity contribution is -0.137. The topological polar surface area (TPSA) is 32.7 Å². The number of hydrogen-bond donors (Lipinski definition) is 0. The Balaban J connectivity index is 0.00000300. The average molecular weight is 469 g/mol. The highest BCUT2D eigenvalue weighted by molar-refractivity contribution is 8.93. The van der Waals surface area contributed by atoms with Crippen molar-refractivity contribution in [1.82, 2.24) is 0 Å². The van der Waals surface area contributed by atoms with Crippen LogP contribution >= 0.6 is 17.0 Å². The van der Waals surface area contributed by atoms with Gasteiger partial charge in [0.1, 0.15) is 5.84 Å². The second kappa shape index (κ2) is 10.1. The van der Waals surface area contributed by atoms with E-state index in [4.69, 9.17) is 0 Å². The van der Waals surface area contributed by atoms with E-state index in [-0.39, 0.29) is 29.3 Å². The molecular formula is C22H24BrF3N2O. The van der Waals surface area contributed by atoms with Crippen molar-refractivity contribution in [3.8, 4) is 0 Å². The van der Waals surface area contributed by atoms with Crippen molar-refractivity contribution >= 4 is 34.3 Å². The smallest absolute Gasteiger partial charge is 0.322 e. The van der Waals surface area contributed by atoms with Crippen molar-refractivity contribution in [3.63, 3.8) is 0 Å². The number of aryl methyl sites for hydroxylation is 1. The maximum Gasteiger partial charge on any atom is 0.416 e. The van der Waals surface area contributed by atoms with Crippen LogP contribution in [-0.4, -0.2) is 24.7 Å². The van der Waals surface area contributed by atoms with Gasteiger partial charge in [0.05, 0.1) is 12.1 Å². The van der Waals surface area contributed by atoms with Gasteiger partial charge in [0.15, 0.2) is 5.78 Å². The summed E-state index contributed by atoms with van der Waals surface area (Å²) in [7, 11) is 0.